The van der Waals surface area contributed by atoms with Crippen molar-refractivity contribution in [2.75, 3.05) is 18.9 Å². The van der Waals surface area contributed by atoms with Gasteiger partial charge in [-0.25, -0.2) is 4.98 Å². The Morgan fingerprint density at radius 2 is 2.33 bits per heavy atom. The summed E-state index contributed by atoms with van der Waals surface area (Å²) in [6.45, 7) is 6.54. The van der Waals surface area contributed by atoms with Crippen molar-refractivity contribution in [2.45, 2.75) is 12.1 Å². The summed E-state index contributed by atoms with van der Waals surface area (Å²) >= 11 is 1.24. The summed E-state index contributed by atoms with van der Waals surface area (Å²) in [7, 11) is 0. The number of benzene rings is 1. The predicted octanol–water partition coefficient (Wildman–Crippen LogP) is 2.30. The number of carbonyl (C=O) groups excluding carboxylic acids is 1. The van der Waals surface area contributed by atoms with Gasteiger partial charge in [0, 0.05) is 17.4 Å². The fourth-order valence-corrected chi connectivity index (χ4v) is 2.84. The van der Waals surface area contributed by atoms with Gasteiger partial charge in [0.15, 0.2) is 5.65 Å². The number of H-pyrrole nitrogens is 1. The molecule has 2 N–H and O–H groups in total. The molecule has 8 heteroatoms. The normalized spacial score (nSPS) is 10.9. The molecular weight excluding hydrogens is 326 g/mol. The molecule has 2 aromatic heterocycles. The van der Waals surface area contributed by atoms with E-state index in [1.807, 2.05) is 25.1 Å². The van der Waals surface area contributed by atoms with Crippen LogP contribution < -0.4 is 10.1 Å². The molecule has 2 heterocycles. The standard InChI is InChI=1S/C16H17N5O2S/c1-3-7-17-13(22)9-24-16-19-15-14(20-21-16)11-8-10(23-4-2)5-6-12(11)18-15/h3,5-6,8H,1,4,7,9H2,2H3,(H,17,22)(H,18,19,21). The first-order valence-corrected chi connectivity index (χ1v) is 8.49. The zero-order chi connectivity index (χ0) is 16.9. The Labute approximate surface area is 142 Å². The SMILES string of the molecule is C=CCNC(=O)CSc1nnc2c(n1)[nH]c1ccc(OCC)cc12. The highest BCUT2D eigenvalue weighted by atomic mass is 32.2. The van der Waals surface area contributed by atoms with E-state index in [9.17, 15) is 4.79 Å². The molecular formula is C16H17N5O2S. The van der Waals surface area contributed by atoms with Crippen LogP contribution in [0.1, 0.15) is 6.92 Å². The number of aromatic nitrogens is 4. The molecule has 0 saturated heterocycles. The number of nitrogens with zero attached hydrogens (tertiary/aromatic N) is 3. The number of amides is 1. The van der Waals surface area contributed by atoms with E-state index >= 15 is 0 Å². The number of carbonyl (C=O) groups is 1. The number of rotatable bonds is 7. The summed E-state index contributed by atoms with van der Waals surface area (Å²) in [6.07, 6.45) is 1.63. The maximum atomic E-state index is 11.6. The molecule has 0 spiro atoms. The van der Waals surface area contributed by atoms with Crippen LogP contribution in [-0.4, -0.2) is 45.0 Å². The second-order valence-electron chi connectivity index (χ2n) is 4.94. The highest BCUT2D eigenvalue weighted by molar-refractivity contribution is 7.99. The molecule has 0 radical (unpaired) electrons. The topological polar surface area (TPSA) is 92.8 Å². The van der Waals surface area contributed by atoms with Crippen molar-refractivity contribution in [3.05, 3.63) is 30.9 Å². The minimum absolute atomic E-state index is 0.0957. The number of fused-ring (bicyclic) bond motifs is 3. The third-order valence-electron chi connectivity index (χ3n) is 3.25. The first kappa shape index (κ1) is 16.3. The quantitative estimate of drug-likeness (QED) is 0.505. The fraction of sp³-hybridized carbons (Fsp3) is 0.250. The fourth-order valence-electron chi connectivity index (χ4n) is 2.22. The van der Waals surface area contributed by atoms with Gasteiger partial charge < -0.3 is 15.0 Å². The van der Waals surface area contributed by atoms with Crippen LogP contribution in [0.15, 0.2) is 36.0 Å². The van der Waals surface area contributed by atoms with Crippen molar-refractivity contribution in [3.63, 3.8) is 0 Å². The lowest BCUT2D eigenvalue weighted by Crippen LogP contribution is -2.25. The van der Waals surface area contributed by atoms with Gasteiger partial charge in [0.25, 0.3) is 0 Å². The number of nitrogens with one attached hydrogen (secondary N) is 2. The first-order valence-electron chi connectivity index (χ1n) is 7.50. The van der Waals surface area contributed by atoms with Crippen molar-refractivity contribution in [1.82, 2.24) is 25.5 Å². The van der Waals surface area contributed by atoms with Crippen LogP contribution in [0.4, 0.5) is 0 Å². The molecule has 124 valence electrons. The van der Waals surface area contributed by atoms with Gasteiger partial charge in [-0.15, -0.1) is 16.8 Å². The molecule has 3 aromatic rings. The number of thioether (sulfide) groups is 1. The van der Waals surface area contributed by atoms with Crippen LogP contribution in [0.5, 0.6) is 5.75 Å². The Morgan fingerprint density at radius 1 is 1.46 bits per heavy atom. The Balaban J connectivity index is 1.82. The summed E-state index contributed by atoms with van der Waals surface area (Å²) in [5.74, 6) is 0.919. The Morgan fingerprint density at radius 3 is 3.12 bits per heavy atom. The minimum atomic E-state index is -0.0957. The number of hydrogen-bond donors (Lipinski definition) is 2. The Bertz CT molecular complexity index is 893. The average Bonchev–Trinajstić information content (AvgIpc) is 2.95. The van der Waals surface area contributed by atoms with E-state index in [4.69, 9.17) is 4.74 Å². The summed E-state index contributed by atoms with van der Waals surface area (Å²) in [5.41, 5.74) is 2.25. The van der Waals surface area contributed by atoms with Crippen LogP contribution in [0.25, 0.3) is 22.1 Å². The number of aromatic amines is 1. The van der Waals surface area contributed by atoms with E-state index < -0.39 is 0 Å². The zero-order valence-electron chi connectivity index (χ0n) is 13.2. The van der Waals surface area contributed by atoms with Crippen LogP contribution in [0.3, 0.4) is 0 Å². The molecule has 0 atom stereocenters. The van der Waals surface area contributed by atoms with Crippen molar-refractivity contribution in [2.24, 2.45) is 0 Å². The number of ether oxygens (including phenoxy) is 1. The number of hydrogen-bond acceptors (Lipinski definition) is 6. The van der Waals surface area contributed by atoms with Crippen molar-refractivity contribution in [1.29, 1.82) is 0 Å². The van der Waals surface area contributed by atoms with E-state index in [1.54, 1.807) is 6.08 Å². The molecule has 0 aliphatic carbocycles. The van der Waals surface area contributed by atoms with Crippen molar-refractivity contribution >= 4 is 39.7 Å². The van der Waals surface area contributed by atoms with Gasteiger partial charge in [-0.1, -0.05) is 17.8 Å². The van der Waals surface area contributed by atoms with Crippen molar-refractivity contribution in [3.8, 4) is 5.75 Å². The largest absolute Gasteiger partial charge is 0.494 e. The molecule has 1 aromatic carbocycles. The van der Waals surface area contributed by atoms with Gasteiger partial charge in [-0.05, 0) is 25.1 Å². The van der Waals surface area contributed by atoms with Gasteiger partial charge in [-0.2, -0.15) is 0 Å². The van der Waals surface area contributed by atoms with E-state index in [1.165, 1.54) is 11.8 Å². The van der Waals surface area contributed by atoms with E-state index in [2.05, 4.69) is 32.1 Å². The molecule has 0 saturated carbocycles. The highest BCUT2D eigenvalue weighted by Crippen LogP contribution is 2.27. The van der Waals surface area contributed by atoms with E-state index in [0.29, 0.717) is 29.5 Å². The average molecular weight is 343 g/mol. The van der Waals surface area contributed by atoms with Crippen molar-refractivity contribution < 1.29 is 9.53 Å². The van der Waals surface area contributed by atoms with E-state index in [-0.39, 0.29) is 11.7 Å². The summed E-state index contributed by atoms with van der Waals surface area (Å²) in [5, 5.41) is 12.4. The third kappa shape index (κ3) is 3.48. The molecule has 7 nitrogen and oxygen atoms in total. The third-order valence-corrected chi connectivity index (χ3v) is 4.09. The molecule has 0 bridgehead atoms. The Kier molecular flexibility index (Phi) is 4.95. The van der Waals surface area contributed by atoms with Crippen LogP contribution in [0, 0.1) is 0 Å². The monoisotopic (exact) mass is 343 g/mol. The molecule has 1 amide bonds. The maximum absolute atomic E-state index is 11.6. The van der Waals surface area contributed by atoms with Crippen LogP contribution >= 0.6 is 11.8 Å². The van der Waals surface area contributed by atoms with Gasteiger partial charge in [0.2, 0.25) is 11.1 Å². The molecule has 0 unspecified atom stereocenters. The van der Waals surface area contributed by atoms with Gasteiger partial charge in [0.05, 0.1) is 12.4 Å². The van der Waals surface area contributed by atoms with E-state index in [0.717, 1.165) is 16.7 Å². The predicted molar refractivity (Wildman–Crippen MR) is 94.3 cm³/mol. The summed E-state index contributed by atoms with van der Waals surface area (Å²) in [4.78, 5) is 19.2. The lowest BCUT2D eigenvalue weighted by molar-refractivity contribution is -0.118. The molecule has 0 aliphatic rings. The van der Waals surface area contributed by atoms with Crippen LogP contribution in [0.2, 0.25) is 0 Å². The summed E-state index contributed by atoms with van der Waals surface area (Å²) < 4.78 is 5.52. The smallest absolute Gasteiger partial charge is 0.230 e. The first-order chi connectivity index (χ1) is 11.7. The van der Waals surface area contributed by atoms with Gasteiger partial charge in [-0.3, -0.25) is 4.79 Å². The second-order valence-corrected chi connectivity index (χ2v) is 5.88. The zero-order valence-corrected chi connectivity index (χ0v) is 14.0. The van der Waals surface area contributed by atoms with Crippen LogP contribution in [-0.2, 0) is 4.79 Å². The minimum Gasteiger partial charge on any atom is -0.494 e. The lowest BCUT2D eigenvalue weighted by atomic mass is 10.2. The Hall–Kier alpha value is -2.61. The maximum Gasteiger partial charge on any atom is 0.230 e. The van der Waals surface area contributed by atoms with Gasteiger partial charge >= 0.3 is 0 Å². The lowest BCUT2D eigenvalue weighted by Gasteiger charge is -2.02. The molecule has 0 fully saturated rings. The second kappa shape index (κ2) is 7.31. The highest BCUT2D eigenvalue weighted by Gasteiger charge is 2.11. The van der Waals surface area contributed by atoms with Gasteiger partial charge in [0.1, 0.15) is 11.3 Å². The molecule has 0 aliphatic heterocycles. The molecule has 24 heavy (non-hydrogen) atoms. The molecule has 3 rings (SSSR count). The summed E-state index contributed by atoms with van der Waals surface area (Å²) in [6, 6.07) is 5.75.